The molecule has 4 heterocycles. The maximum absolute atomic E-state index is 13.6. The zero-order chi connectivity index (χ0) is 78.0. The highest BCUT2D eigenvalue weighted by molar-refractivity contribution is 8.34. The van der Waals surface area contributed by atoms with Crippen LogP contribution in [0.2, 0.25) is 0 Å². The van der Waals surface area contributed by atoms with E-state index in [0.717, 1.165) is 51.3 Å². The summed E-state index contributed by atoms with van der Waals surface area (Å²) in [5, 5.41) is 17.4. The van der Waals surface area contributed by atoms with E-state index in [2.05, 4.69) is 80.3 Å². The first-order valence-corrected chi connectivity index (χ1v) is 37.4. The zero-order valence-corrected chi connectivity index (χ0v) is 62.2. The molecular formula is C73H95Cl2F8N17O8S4. The molecule has 4 fully saturated rings. The molecule has 0 atom stereocenters. The van der Waals surface area contributed by atoms with Crippen molar-refractivity contribution < 1.29 is 68.2 Å². The average molecular weight is 1690 g/mol. The number of carbonyl (C=O) groups is 4. The number of primary amides is 1. The fraction of sp³-hybridized carbons (Fsp3) is 0.452. The number of hydrogen-bond acceptors (Lipinski definition) is 25. The zero-order valence-electron chi connectivity index (χ0n) is 57.4. The van der Waals surface area contributed by atoms with Gasteiger partial charge in [-0.1, -0.05) is 134 Å². The molecule has 39 heteroatoms. The first-order valence-electron chi connectivity index (χ1n) is 33.1. The maximum Gasteiger partial charge on any atom is 0.414 e. The first kappa shape index (κ1) is 101. The number of nitrogens with one attached hydrogen (secondary N) is 3. The third kappa shape index (κ3) is 37.3. The van der Waals surface area contributed by atoms with Crippen molar-refractivity contribution in [2.75, 3.05) is 23.8 Å². The van der Waals surface area contributed by atoms with E-state index >= 15 is 0 Å². The molecule has 0 radical (unpaired) electrons. The van der Waals surface area contributed by atoms with Crippen LogP contribution in [0, 0.1) is 11.3 Å². The number of halogens is 10. The molecule has 4 aliphatic rings. The molecule has 0 bridgehead atoms. The van der Waals surface area contributed by atoms with Gasteiger partial charge >= 0.3 is 16.9 Å². The summed E-state index contributed by atoms with van der Waals surface area (Å²) < 4.78 is 132. The van der Waals surface area contributed by atoms with E-state index in [1.54, 1.807) is 38.1 Å². The monoisotopic (exact) mass is 1690 g/mol. The Labute approximate surface area is 672 Å². The second kappa shape index (κ2) is 50.6. The number of guanidine groups is 2. The molecule has 614 valence electrons. The van der Waals surface area contributed by atoms with Crippen molar-refractivity contribution in [1.29, 1.82) is 5.26 Å². The van der Waals surface area contributed by atoms with Crippen LogP contribution in [0.1, 0.15) is 174 Å². The number of nitrogens with zero attached hydrogens (tertiary/aromatic N) is 11. The minimum Gasteiger partial charge on any atom is -0.461 e. The second-order valence-electron chi connectivity index (χ2n) is 23.6. The molecule has 25 nitrogen and oxygen atoms in total. The van der Waals surface area contributed by atoms with Crippen LogP contribution in [0.3, 0.4) is 0 Å². The van der Waals surface area contributed by atoms with Crippen molar-refractivity contribution in [3.63, 3.8) is 0 Å². The Balaban J connectivity index is 0.000000708. The summed E-state index contributed by atoms with van der Waals surface area (Å²) in [6.07, 6.45) is 0.685. The number of benzene rings is 4. The molecule has 8 aromatic rings. The molecule has 112 heavy (non-hydrogen) atoms. The topological polar surface area (TPSA) is 383 Å². The van der Waals surface area contributed by atoms with E-state index in [0.29, 0.717) is 76.4 Å². The number of nitriles is 1. The highest BCUT2D eigenvalue weighted by Gasteiger charge is 2.38. The fourth-order valence-electron chi connectivity index (χ4n) is 10.1. The van der Waals surface area contributed by atoms with Gasteiger partial charge in [-0.3, -0.25) is 14.9 Å². The Morgan fingerprint density at radius 1 is 0.545 bits per heavy atom. The molecule has 4 aromatic carbocycles. The largest absolute Gasteiger partial charge is 0.461 e. The first-order chi connectivity index (χ1) is 50.9. The summed E-state index contributed by atoms with van der Waals surface area (Å²) in [5.41, 5.74) is 19.5. The summed E-state index contributed by atoms with van der Waals surface area (Å²) in [6.45, 7) is 4.03. The molecule has 0 saturated heterocycles. The van der Waals surface area contributed by atoms with Gasteiger partial charge in [0.1, 0.15) is 0 Å². The maximum atomic E-state index is 13.6. The Bertz CT molecular complexity index is 4120. The van der Waals surface area contributed by atoms with E-state index in [4.69, 9.17) is 42.3 Å². The van der Waals surface area contributed by atoms with Crippen molar-refractivity contribution >= 4 is 114 Å². The lowest BCUT2D eigenvalue weighted by molar-refractivity contribution is -0.136. The third-order valence-corrected chi connectivity index (χ3v) is 18.4. The second-order valence-corrected chi connectivity index (χ2v) is 27.3. The van der Waals surface area contributed by atoms with Gasteiger partial charge in [0, 0.05) is 96.7 Å². The Hall–Kier alpha value is -9.35. The van der Waals surface area contributed by atoms with Crippen LogP contribution in [0.15, 0.2) is 141 Å². The number of alkyl halides is 8. The predicted octanol–water partition coefficient (Wildman–Crippen LogP) is 18.8. The van der Waals surface area contributed by atoms with Gasteiger partial charge in [0.25, 0.3) is 4.57 Å². The number of nitrogens with two attached hydrogens (primary N) is 3. The van der Waals surface area contributed by atoms with Gasteiger partial charge in [-0.2, -0.15) is 29.0 Å². The highest BCUT2D eigenvalue weighted by atomic mass is 35.7. The van der Waals surface area contributed by atoms with Crippen LogP contribution in [0.5, 0.6) is 0 Å². The third-order valence-electron chi connectivity index (χ3n) is 15.5. The number of amides is 1. The summed E-state index contributed by atoms with van der Waals surface area (Å²) in [5.74, 6) is -9.82. The normalized spacial score (nSPS) is 15.9. The number of hydrogen-bond donors (Lipinski definition) is 6. The Kier molecular flexibility index (Phi) is 45.5. The number of rotatable bonds is 14. The SMILES string of the molecule is C.C.C.C.C.CCOC(=O)C#N.CCOC(=O)c1nc(-c2ccccc2)ns1.FC1(F)CCC(Nc2nc(NC3CCC(F)(F)CC3)nc(-c3nc(-c4ccccc4)ns3)n2)CC1.NC(=NC1CCC(F)(F)CC1)NC(N)=NC1CCC(F)(F)CC1.NC(=O)c1ccccc1.O=C(Cl)SCl.O=c1oc(-c2ccccc2)ns1. The predicted molar refractivity (Wildman–Crippen MR) is 430 cm³/mol. The van der Waals surface area contributed by atoms with Gasteiger partial charge < -0.3 is 41.7 Å². The van der Waals surface area contributed by atoms with Crippen LogP contribution in [-0.2, 0) is 14.3 Å². The van der Waals surface area contributed by atoms with E-state index in [9.17, 15) is 59.1 Å². The van der Waals surface area contributed by atoms with Gasteiger partial charge in [-0.05, 0) is 135 Å². The van der Waals surface area contributed by atoms with Gasteiger partial charge in [-0.25, -0.2) is 69.5 Å². The van der Waals surface area contributed by atoms with Crippen molar-refractivity contribution in [3.8, 4) is 51.1 Å². The van der Waals surface area contributed by atoms with Gasteiger partial charge in [-0.15, -0.1) is 4.37 Å². The molecule has 1 amide bonds. The van der Waals surface area contributed by atoms with E-state index in [1.807, 2.05) is 97.1 Å². The molecule has 4 saturated carbocycles. The quantitative estimate of drug-likeness (QED) is 0.0147. The lowest BCUT2D eigenvalue weighted by atomic mass is 9.92. The molecule has 0 spiro atoms. The molecule has 9 N–H and O–H groups in total. The summed E-state index contributed by atoms with van der Waals surface area (Å²) in [6, 6.07) is 37.5. The molecule has 0 unspecified atom stereocenters. The minimum atomic E-state index is -2.64. The van der Waals surface area contributed by atoms with Crippen LogP contribution in [-0.4, -0.2) is 133 Å². The minimum absolute atomic E-state index is 0. The number of anilines is 2. The molecule has 4 aliphatic carbocycles. The van der Waals surface area contributed by atoms with Crippen molar-refractivity contribution in [2.24, 2.45) is 27.2 Å². The lowest BCUT2D eigenvalue weighted by Gasteiger charge is -2.29. The number of ether oxygens (including phenoxy) is 2. The van der Waals surface area contributed by atoms with Crippen LogP contribution in [0.4, 0.5) is 51.8 Å². The fourth-order valence-corrected chi connectivity index (χ4v) is 11.7. The summed E-state index contributed by atoms with van der Waals surface area (Å²) >= 11 is 7.68. The van der Waals surface area contributed by atoms with E-state index < -0.39 is 40.2 Å². The highest BCUT2D eigenvalue weighted by Crippen LogP contribution is 2.38. The van der Waals surface area contributed by atoms with Gasteiger partial charge in [0.05, 0.1) is 36.8 Å². The van der Waals surface area contributed by atoms with Crippen LogP contribution in [0.25, 0.3) is 45.1 Å². The Morgan fingerprint density at radius 2 is 0.920 bits per heavy atom. The average Bonchev–Trinajstić information content (AvgIpc) is 1.39. The molecule has 12 rings (SSSR count). The number of esters is 2. The smallest absolute Gasteiger partial charge is 0.414 e. The van der Waals surface area contributed by atoms with Gasteiger partial charge in [0.15, 0.2) is 40.5 Å². The summed E-state index contributed by atoms with van der Waals surface area (Å²) in [7, 11) is 5.25. The van der Waals surface area contributed by atoms with Crippen molar-refractivity contribution in [1.82, 2.24) is 43.4 Å². The molecule has 4 aromatic heterocycles. The van der Waals surface area contributed by atoms with Crippen molar-refractivity contribution in [3.05, 3.63) is 142 Å². The van der Waals surface area contributed by atoms with Crippen molar-refractivity contribution in [2.45, 2.75) is 202 Å². The van der Waals surface area contributed by atoms with E-state index in [-0.39, 0.29) is 185 Å². The molecular weight excluding hydrogens is 1590 g/mol. The van der Waals surface area contributed by atoms with Gasteiger partial charge in [0.2, 0.25) is 52.4 Å². The van der Waals surface area contributed by atoms with E-state index in [1.165, 1.54) is 6.07 Å². The van der Waals surface area contributed by atoms with Crippen LogP contribution < -0.4 is 38.1 Å². The number of carbonyl (C=O) groups excluding carboxylic acids is 4. The lowest BCUT2D eigenvalue weighted by Crippen LogP contribution is -2.43. The Morgan fingerprint density at radius 3 is 1.27 bits per heavy atom. The molecule has 0 aliphatic heterocycles. The number of aliphatic imine (C=N–C) groups is 2. The summed E-state index contributed by atoms with van der Waals surface area (Å²) in [4.78, 5) is 81.7. The van der Waals surface area contributed by atoms with Crippen LogP contribution >= 0.6 is 67.9 Å². The number of aromatic nitrogens is 8. The standard InChI is InChI=1S/C23H25F4N7S.C14H23F4N5.C11H10N2O2S.C8H5NO2S.C7H7NO.C4H5NO2.CCl2OS.5CH4/c24-22(25)10-6-15(7-11-22)28-20-31-18(19-30-17(34-35-19)14-4-2-1-3-5-14)32-21(33-20)29-16-8-12-23(26,27)13-9-16;15-13(16)5-1-9(2-6-13)21-11(19)23-12(20)22-10-3-7-14(17,18)8-4-10;1-2-15-11(14)10-12-9(13-16-10)8-6-4-3-5-7-8;10-8-11-7(9-12-8)6-4-2-1-3-5-6;8-7(9)6-4-2-1-3-5-6;1-2-7-4(6)3-5;2-1(4)5-3;;;;;/h1-5,15-16H,6-13H2,(H2,28,29,31,32,33);9-10H,1-8H2,(H5,19,20,21,22,23);3-7H,2H2,1H3;1-5H;1-5H,(H2,8,9);2H2,1H3;;5*1H4.